The first-order valence-corrected chi connectivity index (χ1v) is 6.29. The van der Waals surface area contributed by atoms with Crippen molar-refractivity contribution in [3.05, 3.63) is 0 Å². The maximum absolute atomic E-state index is 11.7. The van der Waals surface area contributed by atoms with E-state index in [9.17, 15) is 4.79 Å². The number of unbranched alkanes of at least 4 members (excludes halogenated alkanes) is 1. The van der Waals surface area contributed by atoms with E-state index < -0.39 is 0 Å². The van der Waals surface area contributed by atoms with Crippen molar-refractivity contribution in [3.63, 3.8) is 0 Å². The molecule has 0 aliphatic rings. The Morgan fingerprint density at radius 3 is 2.71 bits per heavy atom. The molecule has 0 aromatic rings. The van der Waals surface area contributed by atoms with Gasteiger partial charge in [-0.1, -0.05) is 13.3 Å². The molecule has 0 spiro atoms. The van der Waals surface area contributed by atoms with Gasteiger partial charge in [0.1, 0.15) is 0 Å². The van der Waals surface area contributed by atoms with E-state index >= 15 is 0 Å². The van der Waals surface area contributed by atoms with Gasteiger partial charge in [0.05, 0.1) is 12.6 Å². The van der Waals surface area contributed by atoms with Gasteiger partial charge in [-0.2, -0.15) is 0 Å². The van der Waals surface area contributed by atoms with E-state index in [-0.39, 0.29) is 24.6 Å². The number of nitrogens with one attached hydrogen (secondary N) is 2. The first kappa shape index (κ1) is 16.4. The lowest BCUT2D eigenvalue weighted by Gasteiger charge is -2.21. The van der Waals surface area contributed by atoms with E-state index in [1.54, 1.807) is 7.11 Å². The minimum Gasteiger partial charge on any atom is -0.396 e. The number of methoxy groups -OCH3 is 1. The second kappa shape index (κ2) is 10.5. The third-order valence-electron chi connectivity index (χ3n) is 2.55. The largest absolute Gasteiger partial charge is 0.396 e. The lowest BCUT2D eigenvalue weighted by atomic mass is 10.2. The average molecular weight is 246 g/mol. The van der Waals surface area contributed by atoms with Gasteiger partial charge in [-0.3, -0.25) is 4.79 Å². The van der Waals surface area contributed by atoms with Gasteiger partial charge in [-0.25, -0.2) is 0 Å². The average Bonchev–Trinajstić information content (AvgIpc) is 2.29. The number of rotatable bonds is 10. The number of carbonyl (C=O) groups is 1. The van der Waals surface area contributed by atoms with Crippen molar-refractivity contribution in [1.29, 1.82) is 0 Å². The van der Waals surface area contributed by atoms with Crippen LogP contribution in [0.5, 0.6) is 0 Å². The Morgan fingerprint density at radius 2 is 2.18 bits per heavy atom. The van der Waals surface area contributed by atoms with Crippen LogP contribution in [0.1, 0.15) is 33.1 Å². The predicted molar refractivity (Wildman–Crippen MR) is 67.9 cm³/mol. The lowest BCUT2D eigenvalue weighted by molar-refractivity contribution is -0.123. The summed E-state index contributed by atoms with van der Waals surface area (Å²) in [6, 6.07) is -0.254. The van der Waals surface area contributed by atoms with Gasteiger partial charge >= 0.3 is 0 Å². The molecule has 0 aliphatic carbocycles. The summed E-state index contributed by atoms with van der Waals surface area (Å²) in [6.45, 7) is 5.21. The number of aliphatic hydroxyl groups is 1. The first-order chi connectivity index (χ1) is 8.15. The van der Waals surface area contributed by atoms with Crippen LogP contribution in [0.3, 0.4) is 0 Å². The zero-order chi connectivity index (χ0) is 13.1. The maximum Gasteiger partial charge on any atom is 0.236 e. The summed E-state index contributed by atoms with van der Waals surface area (Å²) in [5, 5.41) is 14.9. The Kier molecular flexibility index (Phi) is 10.1. The Balaban J connectivity index is 3.92. The molecule has 5 nitrogen and oxygen atoms in total. The second-order valence-corrected chi connectivity index (χ2v) is 4.20. The van der Waals surface area contributed by atoms with E-state index in [0.29, 0.717) is 13.0 Å². The van der Waals surface area contributed by atoms with Crippen molar-refractivity contribution in [2.75, 3.05) is 26.9 Å². The van der Waals surface area contributed by atoms with Gasteiger partial charge < -0.3 is 20.5 Å². The van der Waals surface area contributed by atoms with Crippen molar-refractivity contribution in [3.8, 4) is 0 Å². The van der Waals surface area contributed by atoms with Crippen molar-refractivity contribution in [1.82, 2.24) is 10.6 Å². The van der Waals surface area contributed by atoms with Crippen LogP contribution in [0.25, 0.3) is 0 Å². The van der Waals surface area contributed by atoms with Gasteiger partial charge in [0, 0.05) is 26.3 Å². The monoisotopic (exact) mass is 246 g/mol. The molecule has 2 atom stereocenters. The van der Waals surface area contributed by atoms with Crippen LogP contribution in [0.4, 0.5) is 0 Å². The minimum atomic E-state index is -0.265. The number of ether oxygens (including phenoxy) is 1. The van der Waals surface area contributed by atoms with Crippen molar-refractivity contribution in [2.24, 2.45) is 0 Å². The Bertz CT molecular complexity index is 194. The molecule has 0 aromatic carbocycles. The van der Waals surface area contributed by atoms with E-state index in [0.717, 1.165) is 19.4 Å². The molecule has 1 amide bonds. The molecule has 0 bridgehead atoms. The number of hydrogen-bond acceptors (Lipinski definition) is 4. The highest BCUT2D eigenvalue weighted by atomic mass is 16.5. The number of hydrogen-bond donors (Lipinski definition) is 3. The third-order valence-corrected chi connectivity index (χ3v) is 2.55. The number of amides is 1. The van der Waals surface area contributed by atoms with Gasteiger partial charge in [0.25, 0.3) is 0 Å². The highest BCUT2D eigenvalue weighted by Gasteiger charge is 2.16. The molecule has 0 saturated heterocycles. The quantitative estimate of drug-likeness (QED) is 0.484. The molecule has 0 heterocycles. The Hall–Kier alpha value is -0.650. The van der Waals surface area contributed by atoms with Crippen LogP contribution in [0.15, 0.2) is 0 Å². The summed E-state index contributed by atoms with van der Waals surface area (Å²) in [4.78, 5) is 11.7. The lowest BCUT2D eigenvalue weighted by Crippen LogP contribution is -2.48. The third kappa shape index (κ3) is 8.12. The molecule has 0 fully saturated rings. The number of aliphatic hydroxyl groups excluding tert-OH is 1. The summed E-state index contributed by atoms with van der Waals surface area (Å²) in [5.41, 5.74) is 0. The smallest absolute Gasteiger partial charge is 0.236 e. The summed E-state index contributed by atoms with van der Waals surface area (Å²) in [7, 11) is 1.61. The zero-order valence-corrected chi connectivity index (χ0v) is 11.2. The van der Waals surface area contributed by atoms with E-state index in [4.69, 9.17) is 9.84 Å². The molecular weight excluding hydrogens is 220 g/mol. The summed E-state index contributed by atoms with van der Waals surface area (Å²) in [6.07, 6.45) is 2.65. The molecule has 0 aromatic heterocycles. The van der Waals surface area contributed by atoms with Gasteiger partial charge in [-0.05, 0) is 19.8 Å². The summed E-state index contributed by atoms with van der Waals surface area (Å²) < 4.78 is 5.03. The van der Waals surface area contributed by atoms with Crippen molar-refractivity contribution in [2.45, 2.75) is 45.2 Å². The van der Waals surface area contributed by atoms with Crippen LogP contribution in [0, 0.1) is 0 Å². The maximum atomic E-state index is 11.7. The molecule has 0 aliphatic heterocycles. The van der Waals surface area contributed by atoms with E-state index in [1.165, 1.54) is 0 Å². The highest BCUT2D eigenvalue weighted by molar-refractivity contribution is 5.81. The highest BCUT2D eigenvalue weighted by Crippen LogP contribution is 1.95. The van der Waals surface area contributed by atoms with Crippen LogP contribution in [0.2, 0.25) is 0 Å². The van der Waals surface area contributed by atoms with Crippen LogP contribution < -0.4 is 10.6 Å². The summed E-state index contributed by atoms with van der Waals surface area (Å²) in [5.74, 6) is -0.00232. The normalized spacial score (nSPS) is 14.4. The fourth-order valence-electron chi connectivity index (χ4n) is 1.54. The van der Waals surface area contributed by atoms with E-state index in [2.05, 4.69) is 17.6 Å². The minimum absolute atomic E-state index is 0.00232. The SMILES string of the molecule is CCCCNC(=O)C(C)NC(CCO)COC. The second-order valence-electron chi connectivity index (χ2n) is 4.20. The van der Waals surface area contributed by atoms with Gasteiger partial charge in [-0.15, -0.1) is 0 Å². The summed E-state index contributed by atoms with van der Waals surface area (Å²) >= 11 is 0. The molecule has 5 heteroatoms. The standard InChI is InChI=1S/C12H26N2O3/c1-4-5-7-13-12(16)10(2)14-11(6-8-15)9-17-3/h10-11,14-15H,4-9H2,1-3H3,(H,13,16). The van der Waals surface area contributed by atoms with E-state index in [1.807, 2.05) is 6.92 Å². The molecule has 0 radical (unpaired) electrons. The molecule has 3 N–H and O–H groups in total. The molecule has 2 unspecified atom stereocenters. The topological polar surface area (TPSA) is 70.6 Å². The molecule has 0 saturated carbocycles. The van der Waals surface area contributed by atoms with Crippen molar-refractivity contribution >= 4 is 5.91 Å². The fourth-order valence-corrected chi connectivity index (χ4v) is 1.54. The van der Waals surface area contributed by atoms with Crippen molar-refractivity contribution < 1.29 is 14.6 Å². The van der Waals surface area contributed by atoms with Gasteiger partial charge in [0.15, 0.2) is 0 Å². The molecular formula is C12H26N2O3. The van der Waals surface area contributed by atoms with Crippen LogP contribution in [-0.2, 0) is 9.53 Å². The molecule has 102 valence electrons. The fraction of sp³-hybridized carbons (Fsp3) is 0.917. The zero-order valence-electron chi connectivity index (χ0n) is 11.2. The molecule has 0 rings (SSSR count). The number of carbonyl (C=O) groups excluding carboxylic acids is 1. The predicted octanol–water partition coefficient (Wildman–Crippen LogP) is 0.278. The van der Waals surface area contributed by atoms with Crippen LogP contribution >= 0.6 is 0 Å². The van der Waals surface area contributed by atoms with Crippen LogP contribution in [-0.4, -0.2) is 50.0 Å². The molecule has 17 heavy (non-hydrogen) atoms. The van der Waals surface area contributed by atoms with Gasteiger partial charge in [0.2, 0.25) is 5.91 Å². The Labute approximate surface area is 104 Å². The Morgan fingerprint density at radius 1 is 1.47 bits per heavy atom. The first-order valence-electron chi connectivity index (χ1n) is 6.29.